The molecule has 1 amide bonds. The number of imidazole rings is 1. The number of amides is 1. The van der Waals surface area contributed by atoms with E-state index in [4.69, 9.17) is 9.72 Å². The molecule has 1 N–H and O–H groups in total. The SMILES string of the molecule is COc1ccc([C@H](NC(=O)Cc2c(C)nc3ccccc3c2C)c2nccn2C)cc1. The molecule has 2 aromatic heterocycles. The number of methoxy groups -OCH3 is 1. The molecule has 0 bridgehead atoms. The topological polar surface area (TPSA) is 69.0 Å². The van der Waals surface area contributed by atoms with E-state index in [1.807, 2.05) is 73.3 Å². The van der Waals surface area contributed by atoms with Crippen molar-refractivity contribution in [3.8, 4) is 5.75 Å². The fraction of sp³-hybridized carbons (Fsp3) is 0.240. The third kappa shape index (κ3) is 4.14. The predicted octanol–water partition coefficient (Wildman–Crippen LogP) is 4.04. The summed E-state index contributed by atoms with van der Waals surface area (Å²) >= 11 is 0. The Morgan fingerprint density at radius 3 is 2.55 bits per heavy atom. The summed E-state index contributed by atoms with van der Waals surface area (Å²) in [6, 6.07) is 15.3. The second-order valence-electron chi connectivity index (χ2n) is 7.66. The van der Waals surface area contributed by atoms with Crippen molar-refractivity contribution in [3.05, 3.63) is 89.1 Å². The number of para-hydroxylation sites is 1. The van der Waals surface area contributed by atoms with E-state index in [-0.39, 0.29) is 18.4 Å². The van der Waals surface area contributed by atoms with Gasteiger partial charge in [0.15, 0.2) is 0 Å². The Morgan fingerprint density at radius 1 is 1.13 bits per heavy atom. The molecule has 0 radical (unpaired) electrons. The first kappa shape index (κ1) is 20.6. The van der Waals surface area contributed by atoms with Gasteiger partial charge in [0.1, 0.15) is 17.6 Å². The first-order valence-electron chi connectivity index (χ1n) is 10.2. The highest BCUT2D eigenvalue weighted by molar-refractivity contribution is 5.86. The summed E-state index contributed by atoms with van der Waals surface area (Å²) in [5.74, 6) is 1.46. The van der Waals surface area contributed by atoms with Crippen LogP contribution in [0.1, 0.15) is 34.3 Å². The van der Waals surface area contributed by atoms with Crippen LogP contribution in [0.15, 0.2) is 60.9 Å². The van der Waals surface area contributed by atoms with E-state index in [1.165, 1.54) is 0 Å². The summed E-state index contributed by atoms with van der Waals surface area (Å²) < 4.78 is 7.19. The Morgan fingerprint density at radius 2 is 1.87 bits per heavy atom. The van der Waals surface area contributed by atoms with Crippen LogP contribution >= 0.6 is 0 Å². The Labute approximate surface area is 181 Å². The van der Waals surface area contributed by atoms with Crippen LogP contribution in [0.2, 0.25) is 0 Å². The van der Waals surface area contributed by atoms with Gasteiger partial charge in [-0.3, -0.25) is 9.78 Å². The minimum atomic E-state index is -0.368. The average Bonchev–Trinajstić information content (AvgIpc) is 3.20. The Hall–Kier alpha value is -3.67. The summed E-state index contributed by atoms with van der Waals surface area (Å²) in [5, 5.41) is 4.25. The van der Waals surface area contributed by atoms with Crippen LogP contribution in [0.3, 0.4) is 0 Å². The van der Waals surface area contributed by atoms with Gasteiger partial charge < -0.3 is 14.6 Å². The van der Waals surface area contributed by atoms with E-state index in [2.05, 4.69) is 17.2 Å². The van der Waals surface area contributed by atoms with Gasteiger partial charge >= 0.3 is 0 Å². The monoisotopic (exact) mass is 414 g/mol. The third-order valence-corrected chi connectivity index (χ3v) is 5.69. The molecular formula is C25H26N4O2. The molecule has 0 unspecified atom stereocenters. The second-order valence-corrected chi connectivity index (χ2v) is 7.66. The smallest absolute Gasteiger partial charge is 0.225 e. The van der Waals surface area contributed by atoms with Gasteiger partial charge in [0, 0.05) is 30.5 Å². The van der Waals surface area contributed by atoms with Crippen molar-refractivity contribution in [2.45, 2.75) is 26.3 Å². The van der Waals surface area contributed by atoms with Crippen molar-refractivity contribution in [1.29, 1.82) is 0 Å². The molecule has 6 nitrogen and oxygen atoms in total. The van der Waals surface area contributed by atoms with Gasteiger partial charge in [0.2, 0.25) is 5.91 Å². The van der Waals surface area contributed by atoms with E-state index < -0.39 is 0 Å². The number of fused-ring (bicyclic) bond motifs is 1. The molecule has 2 aromatic carbocycles. The van der Waals surface area contributed by atoms with Gasteiger partial charge in [-0.05, 0) is 48.7 Å². The zero-order valence-corrected chi connectivity index (χ0v) is 18.2. The third-order valence-electron chi connectivity index (χ3n) is 5.69. The normalized spacial score (nSPS) is 12.0. The summed E-state index contributed by atoms with van der Waals surface area (Å²) in [6.07, 6.45) is 3.87. The van der Waals surface area contributed by atoms with Crippen molar-refractivity contribution < 1.29 is 9.53 Å². The summed E-state index contributed by atoms with van der Waals surface area (Å²) in [6.45, 7) is 4.01. The molecule has 4 aromatic rings. The van der Waals surface area contributed by atoms with Crippen LogP contribution in [0.5, 0.6) is 5.75 Å². The number of aryl methyl sites for hydroxylation is 3. The molecule has 0 aliphatic heterocycles. The molecule has 31 heavy (non-hydrogen) atoms. The zero-order valence-electron chi connectivity index (χ0n) is 18.2. The number of carbonyl (C=O) groups is 1. The van der Waals surface area contributed by atoms with Gasteiger partial charge in [0.25, 0.3) is 0 Å². The van der Waals surface area contributed by atoms with Crippen molar-refractivity contribution in [2.75, 3.05) is 7.11 Å². The highest BCUT2D eigenvalue weighted by Crippen LogP contribution is 2.25. The fourth-order valence-corrected chi connectivity index (χ4v) is 3.95. The van der Waals surface area contributed by atoms with Crippen LogP contribution in [0.4, 0.5) is 0 Å². The van der Waals surface area contributed by atoms with E-state index in [1.54, 1.807) is 13.3 Å². The number of carbonyl (C=O) groups excluding carboxylic acids is 1. The standard InChI is InChI=1S/C25H26N4O2/c1-16-20-7-5-6-8-22(20)27-17(2)21(16)15-23(30)28-24(25-26-13-14-29(25)3)18-9-11-19(31-4)12-10-18/h5-14,24H,15H2,1-4H3,(H,28,30)/t24-/m0/s1. The van der Waals surface area contributed by atoms with E-state index in [0.717, 1.165) is 44.9 Å². The van der Waals surface area contributed by atoms with Gasteiger partial charge in [-0.2, -0.15) is 0 Å². The number of aromatic nitrogens is 3. The van der Waals surface area contributed by atoms with E-state index >= 15 is 0 Å². The van der Waals surface area contributed by atoms with Gasteiger partial charge in [-0.1, -0.05) is 30.3 Å². The molecular weight excluding hydrogens is 388 g/mol. The summed E-state index contributed by atoms with van der Waals surface area (Å²) in [4.78, 5) is 22.3. The number of ether oxygens (including phenoxy) is 1. The molecule has 0 fully saturated rings. The van der Waals surface area contributed by atoms with E-state index in [0.29, 0.717) is 0 Å². The number of pyridine rings is 1. The fourth-order valence-electron chi connectivity index (χ4n) is 3.95. The molecule has 0 aliphatic rings. The first-order valence-corrected chi connectivity index (χ1v) is 10.2. The summed E-state index contributed by atoms with van der Waals surface area (Å²) in [5.41, 5.74) is 4.82. The molecule has 2 heterocycles. The summed E-state index contributed by atoms with van der Waals surface area (Å²) in [7, 11) is 3.56. The van der Waals surface area contributed by atoms with Crippen LogP contribution in [0.25, 0.3) is 10.9 Å². The number of nitrogens with zero attached hydrogens (tertiary/aromatic N) is 3. The van der Waals surface area contributed by atoms with Gasteiger partial charge in [-0.25, -0.2) is 4.98 Å². The highest BCUT2D eigenvalue weighted by Gasteiger charge is 2.22. The van der Waals surface area contributed by atoms with Crippen molar-refractivity contribution in [1.82, 2.24) is 19.9 Å². The molecule has 0 aliphatic carbocycles. The van der Waals surface area contributed by atoms with Crippen LogP contribution in [-0.4, -0.2) is 27.6 Å². The lowest BCUT2D eigenvalue weighted by Crippen LogP contribution is -2.32. The quantitative estimate of drug-likeness (QED) is 0.517. The molecule has 0 spiro atoms. The number of hydrogen-bond donors (Lipinski definition) is 1. The molecule has 0 saturated heterocycles. The predicted molar refractivity (Wildman–Crippen MR) is 121 cm³/mol. The second kappa shape index (κ2) is 8.60. The molecule has 4 rings (SSSR count). The lowest BCUT2D eigenvalue weighted by molar-refractivity contribution is -0.121. The minimum Gasteiger partial charge on any atom is -0.497 e. The van der Waals surface area contributed by atoms with E-state index in [9.17, 15) is 4.79 Å². The van der Waals surface area contributed by atoms with Crippen molar-refractivity contribution in [2.24, 2.45) is 7.05 Å². The van der Waals surface area contributed by atoms with Crippen LogP contribution in [0, 0.1) is 13.8 Å². The maximum absolute atomic E-state index is 13.2. The molecule has 6 heteroatoms. The average molecular weight is 415 g/mol. The van der Waals surface area contributed by atoms with Crippen LogP contribution in [-0.2, 0) is 18.3 Å². The van der Waals surface area contributed by atoms with Gasteiger partial charge in [0.05, 0.1) is 19.0 Å². The Bertz CT molecular complexity index is 1230. The highest BCUT2D eigenvalue weighted by atomic mass is 16.5. The largest absolute Gasteiger partial charge is 0.497 e. The molecule has 158 valence electrons. The maximum Gasteiger partial charge on any atom is 0.225 e. The number of rotatable bonds is 6. The van der Waals surface area contributed by atoms with Crippen molar-refractivity contribution in [3.63, 3.8) is 0 Å². The lowest BCUT2D eigenvalue weighted by Gasteiger charge is -2.20. The van der Waals surface area contributed by atoms with Crippen molar-refractivity contribution >= 4 is 16.8 Å². The number of nitrogens with one attached hydrogen (secondary N) is 1. The number of hydrogen-bond acceptors (Lipinski definition) is 4. The Balaban J connectivity index is 1.64. The number of benzene rings is 2. The zero-order chi connectivity index (χ0) is 22.0. The first-order chi connectivity index (χ1) is 15.0. The minimum absolute atomic E-state index is 0.0768. The maximum atomic E-state index is 13.2. The Kier molecular flexibility index (Phi) is 5.71. The van der Waals surface area contributed by atoms with Crippen LogP contribution < -0.4 is 10.1 Å². The molecule has 0 saturated carbocycles. The lowest BCUT2D eigenvalue weighted by atomic mass is 9.98. The molecule has 1 atom stereocenters. The van der Waals surface area contributed by atoms with Gasteiger partial charge in [-0.15, -0.1) is 0 Å².